The minimum atomic E-state index is -3.94. The third-order valence-electron chi connectivity index (χ3n) is 4.45. The molecule has 2 N–H and O–H groups in total. The first kappa shape index (κ1) is 20.9. The summed E-state index contributed by atoms with van der Waals surface area (Å²) in [7, 11) is -3.94. The fraction of sp³-hybridized carbons (Fsp3) is 0.300. The number of hydrogen-bond acceptors (Lipinski definition) is 4. The molecule has 2 aromatic rings. The molecule has 9 heteroatoms. The van der Waals surface area contributed by atoms with Gasteiger partial charge in [0.25, 0.3) is 15.9 Å². The molecule has 0 radical (unpaired) electrons. The quantitative estimate of drug-likeness (QED) is 0.772. The van der Waals surface area contributed by atoms with E-state index < -0.39 is 27.4 Å². The standard InChI is InChI=1S/C20H21F2N3O3S/c21-20(22,15-8-3-1-4-9-15)19(26)24-16-10-7-11-17(14-16)29(27,28)25-18-12-5-2-6-13-23-18/h1,3-4,7-11,14H,2,5-6,12-13H2,(H,23,25)(H,24,26). The van der Waals surface area contributed by atoms with E-state index in [4.69, 9.17) is 0 Å². The van der Waals surface area contributed by atoms with Crippen LogP contribution in [0.15, 0.2) is 64.5 Å². The van der Waals surface area contributed by atoms with Crippen molar-refractivity contribution >= 4 is 27.5 Å². The van der Waals surface area contributed by atoms with Crippen molar-refractivity contribution in [3.8, 4) is 0 Å². The topological polar surface area (TPSA) is 87.6 Å². The zero-order valence-electron chi connectivity index (χ0n) is 15.6. The van der Waals surface area contributed by atoms with Gasteiger partial charge in [-0.05, 0) is 31.0 Å². The monoisotopic (exact) mass is 421 g/mol. The number of aliphatic imine (C=N–C) groups is 1. The van der Waals surface area contributed by atoms with Gasteiger partial charge in [-0.25, -0.2) is 8.42 Å². The lowest BCUT2D eigenvalue weighted by Gasteiger charge is -2.17. The molecule has 29 heavy (non-hydrogen) atoms. The third-order valence-corrected chi connectivity index (χ3v) is 5.83. The van der Waals surface area contributed by atoms with Crippen LogP contribution in [0.3, 0.4) is 0 Å². The van der Waals surface area contributed by atoms with Gasteiger partial charge < -0.3 is 5.32 Å². The molecule has 1 heterocycles. The highest BCUT2D eigenvalue weighted by atomic mass is 32.2. The van der Waals surface area contributed by atoms with E-state index in [0.29, 0.717) is 18.8 Å². The van der Waals surface area contributed by atoms with Crippen molar-refractivity contribution in [3.05, 3.63) is 60.2 Å². The second-order valence-corrected chi connectivity index (χ2v) is 8.35. The first-order valence-electron chi connectivity index (χ1n) is 9.20. The summed E-state index contributed by atoms with van der Waals surface area (Å²) in [6.07, 6.45) is 3.25. The van der Waals surface area contributed by atoms with E-state index in [1.165, 1.54) is 30.3 Å². The van der Waals surface area contributed by atoms with Crippen LogP contribution in [0.4, 0.5) is 14.5 Å². The molecule has 0 spiro atoms. The minimum absolute atomic E-state index is 0.0451. The van der Waals surface area contributed by atoms with Crippen LogP contribution in [0.2, 0.25) is 0 Å². The van der Waals surface area contributed by atoms with Crippen LogP contribution in [0.5, 0.6) is 0 Å². The average molecular weight is 421 g/mol. The van der Waals surface area contributed by atoms with Gasteiger partial charge in [-0.15, -0.1) is 0 Å². The Morgan fingerprint density at radius 1 is 1.00 bits per heavy atom. The van der Waals surface area contributed by atoms with Gasteiger partial charge in [0.15, 0.2) is 0 Å². The fourth-order valence-corrected chi connectivity index (χ4v) is 4.04. The number of carbonyl (C=O) groups is 1. The smallest absolute Gasteiger partial charge is 0.320 e. The van der Waals surface area contributed by atoms with Gasteiger partial charge in [-0.3, -0.25) is 14.5 Å². The highest BCUT2D eigenvalue weighted by Crippen LogP contribution is 2.29. The molecule has 0 saturated carbocycles. The minimum Gasteiger partial charge on any atom is -0.320 e. The Hall–Kier alpha value is -2.81. The number of halogens is 2. The molecule has 6 nitrogen and oxygen atoms in total. The number of benzene rings is 2. The predicted molar refractivity (Wildman–Crippen MR) is 106 cm³/mol. The Balaban J connectivity index is 1.77. The summed E-state index contributed by atoms with van der Waals surface area (Å²) in [5.74, 6) is -4.92. The van der Waals surface area contributed by atoms with Crippen LogP contribution in [-0.2, 0) is 20.7 Å². The number of carbonyl (C=O) groups excluding carboxylic acids is 1. The molecule has 0 aliphatic carbocycles. The van der Waals surface area contributed by atoms with Crippen LogP contribution in [0, 0.1) is 0 Å². The summed E-state index contributed by atoms with van der Waals surface area (Å²) >= 11 is 0. The third kappa shape index (κ3) is 5.17. The number of nitrogens with one attached hydrogen (secondary N) is 2. The maximum absolute atomic E-state index is 14.4. The van der Waals surface area contributed by atoms with E-state index in [9.17, 15) is 22.0 Å². The van der Waals surface area contributed by atoms with Gasteiger partial charge in [0.05, 0.1) is 4.90 Å². The zero-order chi connectivity index (χ0) is 20.9. The summed E-state index contributed by atoms with van der Waals surface area (Å²) in [6.45, 7) is 0.558. The van der Waals surface area contributed by atoms with E-state index in [1.54, 1.807) is 6.07 Å². The molecule has 1 aliphatic rings. The van der Waals surface area contributed by atoms with Gasteiger partial charge in [0.2, 0.25) is 0 Å². The molecule has 154 valence electrons. The molecule has 0 unspecified atom stereocenters. The molecule has 0 aromatic heterocycles. The van der Waals surface area contributed by atoms with Crippen LogP contribution in [0.1, 0.15) is 31.2 Å². The summed E-state index contributed by atoms with van der Waals surface area (Å²) in [5, 5.41) is 2.10. The summed E-state index contributed by atoms with van der Waals surface area (Å²) < 4.78 is 56.4. The maximum atomic E-state index is 14.4. The normalized spacial score (nSPS) is 15.2. The van der Waals surface area contributed by atoms with Gasteiger partial charge in [-0.2, -0.15) is 8.78 Å². The Morgan fingerprint density at radius 2 is 1.76 bits per heavy atom. The Bertz CT molecular complexity index is 1010. The molecule has 0 fully saturated rings. The SMILES string of the molecule is O=C(Nc1cccc(S(=O)(=O)NC2=NCCCCC2)c1)C(F)(F)c1ccccc1. The molecular formula is C20H21F2N3O3S. The molecule has 0 bridgehead atoms. The van der Waals surface area contributed by atoms with E-state index >= 15 is 0 Å². The van der Waals surface area contributed by atoms with Crippen molar-refractivity contribution in [1.29, 1.82) is 0 Å². The molecule has 1 aliphatic heterocycles. The molecular weight excluding hydrogens is 400 g/mol. The highest BCUT2D eigenvalue weighted by molar-refractivity contribution is 7.90. The van der Waals surface area contributed by atoms with Crippen LogP contribution >= 0.6 is 0 Å². The number of rotatable bonds is 5. The Morgan fingerprint density at radius 3 is 2.52 bits per heavy atom. The molecule has 1 amide bonds. The average Bonchev–Trinajstić information content (AvgIpc) is 2.97. The van der Waals surface area contributed by atoms with Crippen LogP contribution in [0.25, 0.3) is 0 Å². The van der Waals surface area contributed by atoms with E-state index in [0.717, 1.165) is 37.5 Å². The maximum Gasteiger partial charge on any atom is 0.350 e. The van der Waals surface area contributed by atoms with Crippen molar-refractivity contribution in [3.63, 3.8) is 0 Å². The highest BCUT2D eigenvalue weighted by Gasteiger charge is 2.40. The van der Waals surface area contributed by atoms with Crippen LogP contribution in [-0.4, -0.2) is 26.7 Å². The lowest BCUT2D eigenvalue weighted by molar-refractivity contribution is -0.140. The summed E-state index contributed by atoms with van der Waals surface area (Å²) in [5.41, 5.74) is -0.495. The van der Waals surface area contributed by atoms with Crippen molar-refractivity contribution in [2.45, 2.75) is 36.5 Å². The molecule has 0 saturated heterocycles. The van der Waals surface area contributed by atoms with Gasteiger partial charge in [0.1, 0.15) is 5.84 Å². The van der Waals surface area contributed by atoms with Gasteiger partial charge >= 0.3 is 5.92 Å². The Kier molecular flexibility index (Phi) is 6.26. The summed E-state index contributed by atoms with van der Waals surface area (Å²) in [6, 6.07) is 11.9. The molecule has 3 rings (SSSR count). The largest absolute Gasteiger partial charge is 0.350 e. The predicted octanol–water partition coefficient (Wildman–Crippen LogP) is 3.67. The molecule has 2 aromatic carbocycles. The fourth-order valence-electron chi connectivity index (χ4n) is 2.90. The number of sulfonamides is 1. The lowest BCUT2D eigenvalue weighted by Crippen LogP contribution is -2.32. The van der Waals surface area contributed by atoms with E-state index in [1.807, 2.05) is 0 Å². The second-order valence-electron chi connectivity index (χ2n) is 6.67. The number of anilines is 1. The van der Waals surface area contributed by atoms with Crippen molar-refractivity contribution in [1.82, 2.24) is 4.72 Å². The first-order chi connectivity index (χ1) is 13.8. The number of amides is 1. The zero-order valence-corrected chi connectivity index (χ0v) is 16.4. The van der Waals surface area contributed by atoms with Gasteiger partial charge in [-0.1, -0.05) is 42.8 Å². The van der Waals surface area contributed by atoms with E-state index in [2.05, 4.69) is 15.0 Å². The molecule has 0 atom stereocenters. The number of nitrogens with zero attached hydrogens (tertiary/aromatic N) is 1. The van der Waals surface area contributed by atoms with Crippen molar-refractivity contribution < 1.29 is 22.0 Å². The van der Waals surface area contributed by atoms with Crippen molar-refractivity contribution in [2.24, 2.45) is 4.99 Å². The first-order valence-corrected chi connectivity index (χ1v) is 10.7. The van der Waals surface area contributed by atoms with Gasteiger partial charge in [0, 0.05) is 24.2 Å². The number of amidine groups is 1. The Labute approximate surface area is 168 Å². The lowest BCUT2D eigenvalue weighted by atomic mass is 10.1. The van der Waals surface area contributed by atoms with Crippen molar-refractivity contribution in [2.75, 3.05) is 11.9 Å². The van der Waals surface area contributed by atoms with Crippen LogP contribution < -0.4 is 10.0 Å². The number of alkyl halides is 2. The van der Waals surface area contributed by atoms with E-state index in [-0.39, 0.29) is 10.6 Å². The number of hydrogen-bond donors (Lipinski definition) is 2. The second kappa shape index (κ2) is 8.69. The summed E-state index contributed by atoms with van der Waals surface area (Å²) in [4.78, 5) is 16.2.